The van der Waals surface area contributed by atoms with Crippen LogP contribution in [0.25, 0.3) is 10.9 Å². The SMILES string of the molecule is CN1C(=O)C(C(=O)Nc2cc3ccccc3[nH]2)N=C(c2ccccc2)c2ccccc21. The third-order valence-corrected chi connectivity index (χ3v) is 5.43. The molecule has 0 bridgehead atoms. The summed E-state index contributed by atoms with van der Waals surface area (Å²) in [7, 11) is 1.67. The van der Waals surface area contributed by atoms with E-state index in [4.69, 9.17) is 0 Å². The lowest BCUT2D eigenvalue weighted by Gasteiger charge is -2.19. The van der Waals surface area contributed by atoms with Crippen molar-refractivity contribution in [3.05, 3.63) is 96.1 Å². The molecule has 4 aromatic rings. The van der Waals surface area contributed by atoms with Gasteiger partial charge in [-0.25, -0.2) is 0 Å². The quantitative estimate of drug-likeness (QED) is 0.503. The van der Waals surface area contributed by atoms with Crippen molar-refractivity contribution >= 4 is 39.9 Å². The molecule has 0 radical (unpaired) electrons. The highest BCUT2D eigenvalue weighted by atomic mass is 16.2. The Kier molecular flexibility index (Phi) is 4.59. The molecular formula is C25H20N4O2. The topological polar surface area (TPSA) is 77.6 Å². The maximum atomic E-state index is 13.2. The maximum Gasteiger partial charge on any atom is 0.261 e. The second kappa shape index (κ2) is 7.57. The van der Waals surface area contributed by atoms with Crippen LogP contribution in [0.5, 0.6) is 0 Å². The summed E-state index contributed by atoms with van der Waals surface area (Å²) in [5.41, 5.74) is 3.90. The Balaban J connectivity index is 1.57. The second-order valence-corrected chi connectivity index (χ2v) is 7.42. The first kappa shape index (κ1) is 18.8. The Bertz CT molecular complexity index is 1290. The number of aromatic nitrogens is 1. The number of anilines is 2. The molecular weight excluding hydrogens is 388 g/mol. The normalized spacial score (nSPS) is 15.9. The van der Waals surface area contributed by atoms with Gasteiger partial charge in [-0.05, 0) is 18.2 Å². The Morgan fingerprint density at radius 3 is 2.48 bits per heavy atom. The number of para-hydroxylation sites is 2. The number of hydrogen-bond donors (Lipinski definition) is 2. The molecule has 2 N–H and O–H groups in total. The van der Waals surface area contributed by atoms with Gasteiger partial charge in [0.1, 0.15) is 5.82 Å². The summed E-state index contributed by atoms with van der Waals surface area (Å²) in [5.74, 6) is -0.337. The summed E-state index contributed by atoms with van der Waals surface area (Å²) in [6, 6.07) is 25.5. The van der Waals surface area contributed by atoms with E-state index >= 15 is 0 Å². The molecule has 2 heterocycles. The number of aliphatic imine (C=N–C) groups is 1. The van der Waals surface area contributed by atoms with E-state index in [2.05, 4.69) is 15.3 Å². The fraction of sp³-hybridized carbons (Fsp3) is 0.0800. The molecule has 0 fully saturated rings. The van der Waals surface area contributed by atoms with Crippen molar-refractivity contribution in [2.75, 3.05) is 17.3 Å². The van der Waals surface area contributed by atoms with Crippen molar-refractivity contribution in [1.29, 1.82) is 0 Å². The third-order valence-electron chi connectivity index (χ3n) is 5.43. The highest BCUT2D eigenvalue weighted by Crippen LogP contribution is 2.28. The first-order valence-electron chi connectivity index (χ1n) is 10.0. The number of benzodiazepines with no additional fused rings is 1. The van der Waals surface area contributed by atoms with Crippen LogP contribution in [-0.2, 0) is 9.59 Å². The molecule has 5 rings (SSSR count). The van der Waals surface area contributed by atoms with E-state index in [9.17, 15) is 9.59 Å². The van der Waals surface area contributed by atoms with Crippen LogP contribution in [0.4, 0.5) is 11.5 Å². The Hall–Kier alpha value is -4.19. The second-order valence-electron chi connectivity index (χ2n) is 7.42. The van der Waals surface area contributed by atoms with E-state index in [1.807, 2.05) is 84.9 Å². The molecule has 6 heteroatoms. The van der Waals surface area contributed by atoms with Gasteiger partial charge in [-0.2, -0.15) is 0 Å². The number of amides is 2. The van der Waals surface area contributed by atoms with Gasteiger partial charge in [0, 0.05) is 29.1 Å². The molecule has 3 aromatic carbocycles. The molecule has 0 aliphatic carbocycles. The number of aromatic amines is 1. The number of carbonyl (C=O) groups is 2. The van der Waals surface area contributed by atoms with Crippen molar-refractivity contribution in [3.63, 3.8) is 0 Å². The van der Waals surface area contributed by atoms with Gasteiger partial charge in [-0.3, -0.25) is 14.6 Å². The van der Waals surface area contributed by atoms with Crippen LogP contribution in [0, 0.1) is 0 Å². The lowest BCUT2D eigenvalue weighted by atomic mass is 10.0. The van der Waals surface area contributed by atoms with Crippen LogP contribution in [-0.4, -0.2) is 35.6 Å². The van der Waals surface area contributed by atoms with E-state index in [-0.39, 0.29) is 5.91 Å². The van der Waals surface area contributed by atoms with E-state index in [0.29, 0.717) is 11.5 Å². The molecule has 1 unspecified atom stereocenters. The molecule has 1 atom stereocenters. The van der Waals surface area contributed by atoms with E-state index in [1.54, 1.807) is 7.05 Å². The van der Waals surface area contributed by atoms with Crippen molar-refractivity contribution in [1.82, 2.24) is 4.98 Å². The average Bonchev–Trinajstić information content (AvgIpc) is 3.17. The van der Waals surface area contributed by atoms with Gasteiger partial charge in [0.25, 0.3) is 11.8 Å². The van der Waals surface area contributed by atoms with Crippen molar-refractivity contribution in [3.8, 4) is 0 Å². The van der Waals surface area contributed by atoms with Crippen LogP contribution >= 0.6 is 0 Å². The van der Waals surface area contributed by atoms with E-state index in [1.165, 1.54) is 4.90 Å². The zero-order chi connectivity index (χ0) is 21.4. The van der Waals surface area contributed by atoms with Gasteiger partial charge in [0.15, 0.2) is 0 Å². The van der Waals surface area contributed by atoms with Crippen LogP contribution in [0.3, 0.4) is 0 Å². The van der Waals surface area contributed by atoms with Gasteiger partial charge < -0.3 is 15.2 Å². The van der Waals surface area contributed by atoms with E-state index < -0.39 is 11.9 Å². The number of rotatable bonds is 3. The summed E-state index contributed by atoms with van der Waals surface area (Å²) >= 11 is 0. The Labute approximate surface area is 179 Å². The minimum absolute atomic E-state index is 0.382. The highest BCUT2D eigenvalue weighted by Gasteiger charge is 2.34. The number of fused-ring (bicyclic) bond motifs is 2. The van der Waals surface area contributed by atoms with Gasteiger partial charge in [0.05, 0.1) is 11.4 Å². The standard InChI is InChI=1S/C25H20N4O2/c1-29-20-14-8-6-12-18(20)22(16-9-3-2-4-10-16)28-23(25(29)31)24(30)27-21-15-17-11-5-7-13-19(17)26-21/h2-15,23,26H,1H3,(H,27,30). The monoisotopic (exact) mass is 408 g/mol. The Morgan fingerprint density at radius 2 is 1.68 bits per heavy atom. The Morgan fingerprint density at radius 1 is 0.968 bits per heavy atom. The van der Waals surface area contributed by atoms with Gasteiger partial charge in [-0.1, -0.05) is 66.7 Å². The van der Waals surface area contributed by atoms with Gasteiger partial charge >= 0.3 is 0 Å². The van der Waals surface area contributed by atoms with Gasteiger partial charge in [-0.15, -0.1) is 0 Å². The minimum Gasteiger partial charge on any atom is -0.341 e. The lowest BCUT2D eigenvalue weighted by molar-refractivity contribution is -0.126. The molecule has 0 spiro atoms. The van der Waals surface area contributed by atoms with Crippen LogP contribution in [0.2, 0.25) is 0 Å². The molecule has 152 valence electrons. The van der Waals surface area contributed by atoms with Crippen molar-refractivity contribution in [2.24, 2.45) is 4.99 Å². The first-order chi connectivity index (χ1) is 15.1. The van der Waals surface area contributed by atoms with Crippen LogP contribution in [0.1, 0.15) is 11.1 Å². The summed E-state index contributed by atoms with van der Waals surface area (Å²) in [5, 5.41) is 3.80. The summed E-state index contributed by atoms with van der Waals surface area (Å²) in [4.78, 5) is 35.8. The maximum absolute atomic E-state index is 13.2. The zero-order valence-electron chi connectivity index (χ0n) is 16.9. The summed E-state index contributed by atoms with van der Waals surface area (Å²) < 4.78 is 0. The predicted molar refractivity (Wildman–Crippen MR) is 123 cm³/mol. The number of nitrogens with one attached hydrogen (secondary N) is 2. The largest absolute Gasteiger partial charge is 0.341 e. The highest BCUT2D eigenvalue weighted by molar-refractivity contribution is 6.24. The summed E-state index contributed by atoms with van der Waals surface area (Å²) in [6.45, 7) is 0. The number of nitrogens with zero attached hydrogens (tertiary/aromatic N) is 2. The molecule has 1 aromatic heterocycles. The van der Waals surface area contributed by atoms with Crippen LogP contribution < -0.4 is 10.2 Å². The minimum atomic E-state index is -1.21. The molecule has 0 saturated heterocycles. The fourth-order valence-electron chi connectivity index (χ4n) is 3.86. The number of carbonyl (C=O) groups excluding carboxylic acids is 2. The average molecular weight is 408 g/mol. The molecule has 2 amide bonds. The smallest absolute Gasteiger partial charge is 0.261 e. The molecule has 1 aliphatic heterocycles. The number of hydrogen-bond acceptors (Lipinski definition) is 3. The van der Waals surface area contributed by atoms with Gasteiger partial charge in [0.2, 0.25) is 6.04 Å². The predicted octanol–water partition coefficient (Wildman–Crippen LogP) is 3.99. The molecule has 1 aliphatic rings. The first-order valence-corrected chi connectivity index (χ1v) is 10.0. The summed E-state index contributed by atoms with van der Waals surface area (Å²) in [6.07, 6.45) is 0. The molecule has 31 heavy (non-hydrogen) atoms. The fourth-order valence-corrected chi connectivity index (χ4v) is 3.86. The van der Waals surface area contributed by atoms with Crippen LogP contribution in [0.15, 0.2) is 89.9 Å². The lowest BCUT2D eigenvalue weighted by Crippen LogP contribution is -2.42. The molecule has 6 nitrogen and oxygen atoms in total. The number of benzene rings is 3. The van der Waals surface area contributed by atoms with E-state index in [0.717, 1.165) is 27.7 Å². The third kappa shape index (κ3) is 3.38. The van der Waals surface area contributed by atoms with Crippen molar-refractivity contribution < 1.29 is 9.59 Å². The number of H-pyrrole nitrogens is 1. The zero-order valence-corrected chi connectivity index (χ0v) is 16.9. The molecule has 0 saturated carbocycles. The number of likely N-dealkylation sites (N-methyl/N-ethyl adjacent to an activating group) is 1. The van der Waals surface area contributed by atoms with Crippen molar-refractivity contribution in [2.45, 2.75) is 6.04 Å².